The highest BCUT2D eigenvalue weighted by Gasteiger charge is 2.16. The molecule has 0 bridgehead atoms. The van der Waals surface area contributed by atoms with Crippen LogP contribution in [0.5, 0.6) is 0 Å². The lowest BCUT2D eigenvalue weighted by Gasteiger charge is -2.03. The van der Waals surface area contributed by atoms with Crippen LogP contribution in [0.4, 0.5) is 5.13 Å². The minimum absolute atomic E-state index is 0.194. The van der Waals surface area contributed by atoms with E-state index >= 15 is 0 Å². The van der Waals surface area contributed by atoms with Crippen molar-refractivity contribution >= 4 is 49.6 Å². The van der Waals surface area contributed by atoms with E-state index in [0.29, 0.717) is 10.8 Å². The topological polar surface area (TPSA) is 59.8 Å². The molecule has 0 fully saturated rings. The summed E-state index contributed by atoms with van der Waals surface area (Å²) in [5.41, 5.74) is 2.26. The zero-order valence-electron chi connectivity index (χ0n) is 11.3. The van der Waals surface area contributed by atoms with Gasteiger partial charge in [0.15, 0.2) is 5.13 Å². The monoisotopic (exact) mass is 382 g/mol. The lowest BCUT2D eigenvalue weighted by molar-refractivity contribution is 0.101. The fourth-order valence-corrected chi connectivity index (χ4v) is 4.05. The Balaban J connectivity index is 1.80. The average molecular weight is 383 g/mol. The Kier molecular flexibility index (Phi) is 3.92. The second kappa shape index (κ2) is 5.70. The molecule has 0 atom stereocenters. The minimum Gasteiger partial charge on any atom is -0.296 e. The number of thiazole rings is 1. The highest BCUT2D eigenvalue weighted by molar-refractivity contribution is 9.11. The van der Waals surface area contributed by atoms with Gasteiger partial charge in [0, 0.05) is 12.4 Å². The third-order valence-electron chi connectivity index (χ3n) is 2.89. The number of carbonyl (C=O) groups is 1. The molecule has 108 valence electrons. The smallest absolute Gasteiger partial charge is 0.275 e. The van der Waals surface area contributed by atoms with Crippen LogP contribution in [0.2, 0.25) is 0 Å². The van der Waals surface area contributed by atoms with Crippen LogP contribution in [0.25, 0.3) is 10.6 Å². The molecule has 8 heteroatoms. The first-order chi connectivity index (χ1) is 10.0. The van der Waals surface area contributed by atoms with Crippen molar-refractivity contribution in [2.45, 2.75) is 6.92 Å². The molecule has 0 aliphatic heterocycles. The fraction of sp³-hybridized carbons (Fsp3) is 0.154. The van der Waals surface area contributed by atoms with Crippen LogP contribution in [0.3, 0.4) is 0 Å². The average Bonchev–Trinajstić information content (AvgIpc) is 3.11. The molecule has 3 aromatic rings. The second-order valence-corrected chi connectivity index (χ2v) is 7.72. The van der Waals surface area contributed by atoms with E-state index in [1.54, 1.807) is 29.3 Å². The van der Waals surface area contributed by atoms with Gasteiger partial charge in [0.25, 0.3) is 5.91 Å². The first-order valence-electron chi connectivity index (χ1n) is 6.06. The molecule has 1 N–H and O–H groups in total. The summed E-state index contributed by atoms with van der Waals surface area (Å²) in [6, 6.07) is 3.98. The lowest BCUT2D eigenvalue weighted by atomic mass is 10.2. The van der Waals surface area contributed by atoms with Gasteiger partial charge in [-0.1, -0.05) is 0 Å². The van der Waals surface area contributed by atoms with Crippen LogP contribution >= 0.6 is 38.6 Å². The van der Waals surface area contributed by atoms with Crippen molar-refractivity contribution in [3.05, 3.63) is 38.8 Å². The van der Waals surface area contributed by atoms with E-state index in [9.17, 15) is 4.79 Å². The van der Waals surface area contributed by atoms with Crippen LogP contribution in [0, 0.1) is 6.92 Å². The van der Waals surface area contributed by atoms with Crippen molar-refractivity contribution in [1.29, 1.82) is 0 Å². The predicted octanol–water partition coefficient (Wildman–Crippen LogP) is 3.93. The number of aromatic nitrogens is 3. The first-order valence-corrected chi connectivity index (χ1v) is 8.54. The second-order valence-electron chi connectivity index (χ2n) is 4.40. The number of amides is 1. The molecule has 0 radical (unpaired) electrons. The highest BCUT2D eigenvalue weighted by atomic mass is 79.9. The molecule has 0 aromatic carbocycles. The summed E-state index contributed by atoms with van der Waals surface area (Å²) in [7, 11) is 1.75. The Labute approximate surface area is 137 Å². The quantitative estimate of drug-likeness (QED) is 0.746. The minimum atomic E-state index is -0.194. The third kappa shape index (κ3) is 2.92. The predicted molar refractivity (Wildman–Crippen MR) is 89.0 cm³/mol. The zero-order valence-corrected chi connectivity index (χ0v) is 14.5. The van der Waals surface area contributed by atoms with E-state index in [-0.39, 0.29) is 5.91 Å². The van der Waals surface area contributed by atoms with Crippen LogP contribution in [-0.4, -0.2) is 20.7 Å². The number of carbonyl (C=O) groups excluding carboxylic acids is 1. The van der Waals surface area contributed by atoms with Crippen molar-refractivity contribution < 1.29 is 4.79 Å². The van der Waals surface area contributed by atoms with Gasteiger partial charge in [-0.3, -0.25) is 14.8 Å². The van der Waals surface area contributed by atoms with E-state index in [1.807, 2.05) is 24.4 Å². The van der Waals surface area contributed by atoms with E-state index in [0.717, 1.165) is 19.9 Å². The summed E-state index contributed by atoms with van der Waals surface area (Å²) in [5, 5.41) is 9.41. The Morgan fingerprint density at radius 2 is 2.24 bits per heavy atom. The fourth-order valence-electron chi connectivity index (χ4n) is 1.93. The van der Waals surface area contributed by atoms with Gasteiger partial charge < -0.3 is 0 Å². The van der Waals surface area contributed by atoms with Crippen LogP contribution < -0.4 is 5.32 Å². The standard InChI is InChI=1S/C13H11BrN4OS2/c1-7-5-15-18(2)11(7)12(19)17-13-16-8(6-20-13)9-3-4-10(14)21-9/h3-6H,1-2H3,(H,16,17,19). The Hall–Kier alpha value is -1.51. The van der Waals surface area contributed by atoms with Crippen molar-refractivity contribution in [2.24, 2.45) is 7.05 Å². The highest BCUT2D eigenvalue weighted by Crippen LogP contribution is 2.33. The van der Waals surface area contributed by atoms with Crippen molar-refractivity contribution in [3.8, 4) is 10.6 Å². The molecule has 3 aromatic heterocycles. The van der Waals surface area contributed by atoms with Gasteiger partial charge in [0.1, 0.15) is 5.69 Å². The number of anilines is 1. The number of hydrogen-bond acceptors (Lipinski definition) is 5. The van der Waals surface area contributed by atoms with Crippen LogP contribution in [-0.2, 0) is 7.05 Å². The van der Waals surface area contributed by atoms with Crippen molar-refractivity contribution in [2.75, 3.05) is 5.32 Å². The molecule has 0 aliphatic carbocycles. The first kappa shape index (κ1) is 14.4. The third-order valence-corrected chi connectivity index (χ3v) is 5.29. The van der Waals surface area contributed by atoms with Crippen molar-refractivity contribution in [3.63, 3.8) is 0 Å². The number of nitrogens with one attached hydrogen (secondary N) is 1. The molecule has 1 amide bonds. The number of hydrogen-bond donors (Lipinski definition) is 1. The number of nitrogens with zero attached hydrogens (tertiary/aromatic N) is 3. The van der Waals surface area contributed by atoms with Crippen LogP contribution in [0.15, 0.2) is 27.5 Å². The Morgan fingerprint density at radius 1 is 1.43 bits per heavy atom. The molecular weight excluding hydrogens is 372 g/mol. The molecule has 0 aliphatic rings. The Bertz CT molecular complexity index is 785. The van der Waals surface area contributed by atoms with Gasteiger partial charge in [-0.05, 0) is 40.5 Å². The number of rotatable bonds is 3. The van der Waals surface area contributed by atoms with Gasteiger partial charge in [0.05, 0.1) is 20.6 Å². The zero-order chi connectivity index (χ0) is 15.0. The maximum atomic E-state index is 12.3. The molecule has 5 nitrogen and oxygen atoms in total. The maximum absolute atomic E-state index is 12.3. The summed E-state index contributed by atoms with van der Waals surface area (Å²) in [5.74, 6) is -0.194. The van der Waals surface area contributed by atoms with Crippen LogP contribution in [0.1, 0.15) is 16.1 Å². The number of halogens is 1. The van der Waals surface area contributed by atoms with Gasteiger partial charge in [-0.15, -0.1) is 22.7 Å². The van der Waals surface area contributed by atoms with Gasteiger partial charge in [0.2, 0.25) is 0 Å². The summed E-state index contributed by atoms with van der Waals surface area (Å²) in [6.07, 6.45) is 1.67. The molecular formula is C13H11BrN4OS2. The molecule has 3 heterocycles. The van der Waals surface area contributed by atoms with Gasteiger partial charge in [-0.2, -0.15) is 5.10 Å². The summed E-state index contributed by atoms with van der Waals surface area (Å²) >= 11 is 6.45. The lowest BCUT2D eigenvalue weighted by Crippen LogP contribution is -2.17. The number of thiophene rings is 1. The summed E-state index contributed by atoms with van der Waals surface area (Å²) in [6.45, 7) is 1.86. The largest absolute Gasteiger partial charge is 0.296 e. The molecule has 0 unspecified atom stereocenters. The normalized spacial score (nSPS) is 10.8. The van der Waals surface area contributed by atoms with E-state index < -0.39 is 0 Å². The summed E-state index contributed by atoms with van der Waals surface area (Å²) < 4.78 is 2.62. The van der Waals surface area contributed by atoms with E-state index in [2.05, 4.69) is 31.3 Å². The van der Waals surface area contributed by atoms with Gasteiger partial charge >= 0.3 is 0 Å². The van der Waals surface area contributed by atoms with E-state index in [1.165, 1.54) is 11.3 Å². The molecule has 0 saturated heterocycles. The van der Waals surface area contributed by atoms with Gasteiger partial charge in [-0.25, -0.2) is 4.98 Å². The molecule has 21 heavy (non-hydrogen) atoms. The van der Waals surface area contributed by atoms with Crippen molar-refractivity contribution in [1.82, 2.24) is 14.8 Å². The molecule has 3 rings (SSSR count). The maximum Gasteiger partial charge on any atom is 0.275 e. The SMILES string of the molecule is Cc1cnn(C)c1C(=O)Nc1nc(-c2ccc(Br)s2)cs1. The molecule has 0 spiro atoms. The Morgan fingerprint density at radius 3 is 2.86 bits per heavy atom. The summed E-state index contributed by atoms with van der Waals surface area (Å²) in [4.78, 5) is 17.8. The van der Waals surface area contributed by atoms with E-state index in [4.69, 9.17) is 0 Å². The number of aryl methyl sites for hydroxylation is 2. The molecule has 0 saturated carbocycles.